The molecule has 0 fully saturated rings. The van der Waals surface area contributed by atoms with Crippen molar-refractivity contribution in [3.8, 4) is 11.4 Å². The SMILES string of the molecule is O=S(=O)(Cl)c1c[nH]c(-c2ccsn2)c1. The van der Waals surface area contributed by atoms with Crippen LogP contribution in [0.3, 0.4) is 0 Å². The number of nitrogens with zero attached hydrogens (tertiary/aromatic N) is 1. The molecule has 0 radical (unpaired) electrons. The Morgan fingerprint density at radius 1 is 1.50 bits per heavy atom. The number of aromatic amines is 1. The van der Waals surface area contributed by atoms with Crippen molar-refractivity contribution in [3.63, 3.8) is 0 Å². The van der Waals surface area contributed by atoms with Crippen molar-refractivity contribution in [2.75, 3.05) is 0 Å². The lowest BCUT2D eigenvalue weighted by Crippen LogP contribution is -1.85. The zero-order valence-corrected chi connectivity index (χ0v) is 9.16. The summed E-state index contributed by atoms with van der Waals surface area (Å²) in [6.45, 7) is 0. The van der Waals surface area contributed by atoms with Crippen molar-refractivity contribution < 1.29 is 8.42 Å². The van der Waals surface area contributed by atoms with Crippen LogP contribution in [0.15, 0.2) is 28.6 Å². The normalized spacial score (nSPS) is 11.8. The van der Waals surface area contributed by atoms with Crippen molar-refractivity contribution in [2.45, 2.75) is 4.90 Å². The van der Waals surface area contributed by atoms with Gasteiger partial charge in [0.25, 0.3) is 9.05 Å². The Morgan fingerprint density at radius 3 is 2.79 bits per heavy atom. The van der Waals surface area contributed by atoms with Gasteiger partial charge in [-0.3, -0.25) is 0 Å². The molecule has 2 aromatic rings. The van der Waals surface area contributed by atoms with E-state index >= 15 is 0 Å². The highest BCUT2D eigenvalue weighted by Gasteiger charge is 2.13. The van der Waals surface area contributed by atoms with Crippen LogP contribution in [0.2, 0.25) is 0 Å². The molecular weight excluding hydrogens is 244 g/mol. The van der Waals surface area contributed by atoms with Crippen LogP contribution in [0.4, 0.5) is 0 Å². The monoisotopic (exact) mass is 248 g/mol. The number of nitrogens with one attached hydrogen (secondary N) is 1. The molecule has 14 heavy (non-hydrogen) atoms. The van der Waals surface area contributed by atoms with Gasteiger partial charge in [-0.15, -0.1) is 0 Å². The average molecular weight is 249 g/mol. The fourth-order valence-corrected chi connectivity index (χ4v) is 2.26. The summed E-state index contributed by atoms with van der Waals surface area (Å²) < 4.78 is 25.9. The first-order chi connectivity index (χ1) is 6.57. The zero-order valence-electron chi connectivity index (χ0n) is 6.77. The number of hydrogen-bond acceptors (Lipinski definition) is 4. The van der Waals surface area contributed by atoms with Crippen LogP contribution < -0.4 is 0 Å². The van der Waals surface area contributed by atoms with Crippen molar-refractivity contribution in [1.29, 1.82) is 0 Å². The molecule has 0 aliphatic carbocycles. The maximum atomic E-state index is 10.9. The third-order valence-corrected chi connectivity index (χ3v) is 3.55. The minimum Gasteiger partial charge on any atom is -0.359 e. The summed E-state index contributed by atoms with van der Waals surface area (Å²) in [7, 11) is 1.51. The van der Waals surface area contributed by atoms with E-state index < -0.39 is 9.05 Å². The van der Waals surface area contributed by atoms with Gasteiger partial charge in [0.1, 0.15) is 10.6 Å². The molecule has 7 heteroatoms. The predicted molar refractivity (Wildman–Crippen MR) is 54.9 cm³/mol. The fourth-order valence-electron chi connectivity index (χ4n) is 1.01. The van der Waals surface area contributed by atoms with Crippen LogP contribution in [0, 0.1) is 0 Å². The Balaban J connectivity index is 2.46. The standard InChI is InChI=1S/C7H5ClN2O2S2/c8-14(11,12)5-3-7(9-4-5)6-1-2-13-10-6/h1-4,9H. The maximum Gasteiger partial charge on any atom is 0.262 e. The molecule has 2 aromatic heterocycles. The van der Waals surface area contributed by atoms with Crippen molar-refractivity contribution in [1.82, 2.24) is 9.36 Å². The van der Waals surface area contributed by atoms with Gasteiger partial charge in [-0.1, -0.05) is 0 Å². The summed E-state index contributed by atoms with van der Waals surface area (Å²) in [4.78, 5) is 2.85. The molecule has 2 rings (SSSR count). The van der Waals surface area contributed by atoms with Gasteiger partial charge in [-0.05, 0) is 23.7 Å². The minimum absolute atomic E-state index is 0.0576. The third kappa shape index (κ3) is 1.82. The van der Waals surface area contributed by atoms with Gasteiger partial charge in [0.2, 0.25) is 0 Å². The fraction of sp³-hybridized carbons (Fsp3) is 0. The quantitative estimate of drug-likeness (QED) is 0.828. The smallest absolute Gasteiger partial charge is 0.262 e. The van der Waals surface area contributed by atoms with Crippen molar-refractivity contribution in [3.05, 3.63) is 23.7 Å². The topological polar surface area (TPSA) is 62.8 Å². The highest BCUT2D eigenvalue weighted by molar-refractivity contribution is 8.13. The molecule has 0 spiro atoms. The third-order valence-electron chi connectivity index (χ3n) is 1.65. The highest BCUT2D eigenvalue weighted by atomic mass is 35.7. The molecule has 0 aromatic carbocycles. The average Bonchev–Trinajstić information content (AvgIpc) is 2.73. The summed E-state index contributed by atoms with van der Waals surface area (Å²) in [5, 5.41) is 1.81. The van der Waals surface area contributed by atoms with E-state index in [4.69, 9.17) is 10.7 Å². The number of aromatic nitrogens is 2. The Hall–Kier alpha value is -0.850. The molecule has 0 atom stereocenters. The van der Waals surface area contributed by atoms with Crippen LogP contribution in [0.25, 0.3) is 11.4 Å². The van der Waals surface area contributed by atoms with Gasteiger partial charge in [-0.2, -0.15) is 4.37 Å². The van der Waals surface area contributed by atoms with Gasteiger partial charge in [0.05, 0.1) is 5.69 Å². The molecule has 74 valence electrons. The lowest BCUT2D eigenvalue weighted by atomic mass is 10.3. The van der Waals surface area contributed by atoms with Gasteiger partial charge >= 0.3 is 0 Å². The first-order valence-corrected chi connectivity index (χ1v) is 6.76. The van der Waals surface area contributed by atoms with Crippen molar-refractivity contribution in [2.24, 2.45) is 0 Å². The van der Waals surface area contributed by atoms with Gasteiger partial charge < -0.3 is 4.98 Å². The van der Waals surface area contributed by atoms with E-state index in [1.54, 1.807) is 6.07 Å². The minimum atomic E-state index is -3.66. The molecular formula is C7H5ClN2O2S2. The summed E-state index contributed by atoms with van der Waals surface area (Å²) in [5.74, 6) is 0. The molecule has 0 saturated heterocycles. The molecule has 4 nitrogen and oxygen atoms in total. The highest BCUT2D eigenvalue weighted by Crippen LogP contribution is 2.22. The van der Waals surface area contributed by atoms with E-state index in [2.05, 4.69) is 9.36 Å². The Morgan fingerprint density at radius 2 is 2.29 bits per heavy atom. The van der Waals surface area contributed by atoms with Crippen LogP contribution in [0.1, 0.15) is 0 Å². The summed E-state index contributed by atoms with van der Waals surface area (Å²) in [6.07, 6.45) is 1.34. The number of hydrogen-bond donors (Lipinski definition) is 1. The van der Waals surface area contributed by atoms with Gasteiger partial charge in [-0.25, -0.2) is 8.42 Å². The molecule has 0 amide bonds. The second-order valence-corrected chi connectivity index (χ2v) is 5.80. The van der Waals surface area contributed by atoms with E-state index in [1.807, 2.05) is 5.38 Å². The molecule has 1 N–H and O–H groups in total. The second-order valence-electron chi connectivity index (χ2n) is 2.57. The van der Waals surface area contributed by atoms with Gasteiger partial charge in [0.15, 0.2) is 0 Å². The van der Waals surface area contributed by atoms with Crippen molar-refractivity contribution >= 4 is 31.3 Å². The lowest BCUT2D eigenvalue weighted by Gasteiger charge is -1.87. The van der Waals surface area contributed by atoms with E-state index in [9.17, 15) is 8.42 Å². The molecule has 0 saturated carbocycles. The predicted octanol–water partition coefficient (Wildman–Crippen LogP) is 2.07. The Bertz CT molecular complexity index is 530. The van der Waals surface area contributed by atoms with Gasteiger partial charge in [0, 0.05) is 22.3 Å². The summed E-state index contributed by atoms with van der Waals surface area (Å²) in [6, 6.07) is 3.25. The molecule has 2 heterocycles. The number of rotatable bonds is 2. The largest absolute Gasteiger partial charge is 0.359 e. The summed E-state index contributed by atoms with van der Waals surface area (Å²) in [5.41, 5.74) is 1.35. The molecule has 0 bridgehead atoms. The van der Waals surface area contributed by atoms with Crippen LogP contribution in [-0.2, 0) is 9.05 Å². The number of H-pyrrole nitrogens is 1. The second kappa shape index (κ2) is 3.38. The van der Waals surface area contributed by atoms with Crippen LogP contribution in [-0.4, -0.2) is 17.8 Å². The van der Waals surface area contributed by atoms with Crippen LogP contribution in [0.5, 0.6) is 0 Å². The van der Waals surface area contributed by atoms with E-state index in [0.29, 0.717) is 11.4 Å². The zero-order chi connectivity index (χ0) is 10.2. The van der Waals surface area contributed by atoms with E-state index in [-0.39, 0.29) is 4.90 Å². The first-order valence-electron chi connectivity index (χ1n) is 3.61. The molecule has 0 unspecified atom stereocenters. The first kappa shape index (κ1) is 9.70. The Labute approximate surface area is 89.1 Å². The van der Waals surface area contributed by atoms with E-state index in [1.165, 1.54) is 23.8 Å². The maximum absolute atomic E-state index is 10.9. The van der Waals surface area contributed by atoms with E-state index in [0.717, 1.165) is 0 Å². The Kier molecular flexibility index (Phi) is 2.34. The molecule has 0 aliphatic rings. The summed E-state index contributed by atoms with van der Waals surface area (Å²) >= 11 is 1.30. The molecule has 0 aliphatic heterocycles. The number of halogens is 1. The lowest BCUT2D eigenvalue weighted by molar-refractivity contribution is 0.609. The van der Waals surface area contributed by atoms with Crippen LogP contribution >= 0.6 is 22.2 Å².